The number of ether oxygens (including phenoxy) is 1. The second-order valence-corrected chi connectivity index (χ2v) is 11.3. The molecule has 4 N–H and O–H groups in total. The van der Waals surface area contributed by atoms with Crippen molar-refractivity contribution in [2.45, 2.75) is 45.8 Å². The molecule has 0 atom stereocenters. The number of hydrogen-bond donors (Lipinski definition) is 3. The van der Waals surface area contributed by atoms with Crippen LogP contribution in [0.25, 0.3) is 11.4 Å². The summed E-state index contributed by atoms with van der Waals surface area (Å²) < 4.78 is 7.92. The Kier molecular flexibility index (Phi) is 8.82. The largest absolute Gasteiger partial charge is 0.492 e. The van der Waals surface area contributed by atoms with Gasteiger partial charge in [0.05, 0.1) is 13.2 Å². The lowest BCUT2D eigenvalue weighted by Gasteiger charge is -2.19. The van der Waals surface area contributed by atoms with Gasteiger partial charge in [0.1, 0.15) is 18.2 Å². The van der Waals surface area contributed by atoms with Gasteiger partial charge < -0.3 is 25.5 Å². The minimum atomic E-state index is -0.332. The average Bonchev–Trinajstić information content (AvgIpc) is 3.51. The second-order valence-electron chi connectivity index (χ2n) is 11.3. The van der Waals surface area contributed by atoms with Gasteiger partial charge in [-0.2, -0.15) is 9.97 Å². The maximum Gasteiger partial charge on any atom is 0.255 e. The highest BCUT2D eigenvalue weighted by atomic mass is 16.5. The molecule has 0 aliphatic heterocycles. The van der Waals surface area contributed by atoms with Crippen LogP contribution < -0.4 is 15.8 Å². The molecule has 2 aromatic heterocycles. The van der Waals surface area contributed by atoms with Crippen molar-refractivity contribution in [3.05, 3.63) is 119 Å². The van der Waals surface area contributed by atoms with Crippen LogP contribution in [-0.4, -0.2) is 37.1 Å². The van der Waals surface area contributed by atoms with E-state index in [1.807, 2.05) is 60.9 Å². The van der Waals surface area contributed by atoms with E-state index in [1.165, 1.54) is 0 Å². The molecular weight excluding hydrogens is 540 g/mol. The zero-order valence-electron chi connectivity index (χ0n) is 24.6. The first-order valence-electron chi connectivity index (χ1n) is 14.2. The van der Waals surface area contributed by atoms with E-state index in [-0.39, 0.29) is 23.9 Å². The van der Waals surface area contributed by atoms with Gasteiger partial charge in [-0.05, 0) is 59.0 Å². The normalized spacial score (nSPS) is 11.3. The number of rotatable bonds is 10. The molecule has 0 aliphatic carbocycles. The number of carbonyl (C=O) groups is 1. The number of aromatic nitrogens is 4. The molecule has 43 heavy (non-hydrogen) atoms. The van der Waals surface area contributed by atoms with Crippen molar-refractivity contribution < 1.29 is 14.6 Å². The Morgan fingerprint density at radius 1 is 0.930 bits per heavy atom. The Morgan fingerprint density at radius 2 is 1.65 bits per heavy atom. The third-order valence-electron chi connectivity index (χ3n) is 7.11. The number of aliphatic hydroxyl groups is 1. The number of nitrogens with two attached hydrogens (primary N) is 1. The molecule has 5 rings (SSSR count). The third-order valence-corrected chi connectivity index (χ3v) is 7.11. The van der Waals surface area contributed by atoms with Gasteiger partial charge in [-0.25, -0.2) is 4.98 Å². The zero-order valence-corrected chi connectivity index (χ0v) is 24.6. The molecule has 0 radical (unpaired) electrons. The smallest absolute Gasteiger partial charge is 0.255 e. The first kappa shape index (κ1) is 29.5. The summed E-state index contributed by atoms with van der Waals surface area (Å²) >= 11 is 0. The Morgan fingerprint density at radius 3 is 2.33 bits per heavy atom. The van der Waals surface area contributed by atoms with Crippen LogP contribution >= 0.6 is 0 Å². The number of anilines is 2. The third kappa shape index (κ3) is 7.44. The molecule has 0 fully saturated rings. The molecule has 9 nitrogen and oxygen atoms in total. The van der Waals surface area contributed by atoms with Gasteiger partial charge >= 0.3 is 0 Å². The lowest BCUT2D eigenvalue weighted by Crippen LogP contribution is -2.15. The van der Waals surface area contributed by atoms with Crippen LogP contribution in [0.1, 0.15) is 53.6 Å². The fourth-order valence-electron chi connectivity index (χ4n) is 4.71. The number of nitrogens with zero attached hydrogens (tertiary/aromatic N) is 4. The monoisotopic (exact) mass is 576 g/mol. The molecular formula is C34H36N6O3. The molecule has 9 heteroatoms. The molecule has 0 aliphatic rings. The predicted molar refractivity (Wildman–Crippen MR) is 168 cm³/mol. The van der Waals surface area contributed by atoms with Crippen molar-refractivity contribution in [2.75, 3.05) is 17.7 Å². The molecule has 0 bridgehead atoms. The van der Waals surface area contributed by atoms with Crippen molar-refractivity contribution in [2.24, 2.45) is 0 Å². The molecule has 3 aromatic carbocycles. The Balaban J connectivity index is 1.30. The SMILES string of the molecule is CC(C)(C)c1ccc(C(=O)Nc2cccc(-c3nc(N)nc(Cc4ccc(OCCn5cccc5)cc4)n3)c2CO)cc1. The van der Waals surface area contributed by atoms with Crippen molar-refractivity contribution in [3.8, 4) is 17.1 Å². The minimum Gasteiger partial charge on any atom is -0.492 e. The summed E-state index contributed by atoms with van der Waals surface area (Å²) in [7, 11) is 0. The lowest BCUT2D eigenvalue weighted by molar-refractivity contribution is 0.102. The van der Waals surface area contributed by atoms with Gasteiger partial charge in [0.2, 0.25) is 5.95 Å². The summed E-state index contributed by atoms with van der Waals surface area (Å²) in [5, 5.41) is 13.2. The fraction of sp³-hybridized carbons (Fsp3) is 0.235. The standard InChI is InChI=1S/C34H36N6O3/c1-34(2,3)25-13-11-24(12-14-25)32(42)36-29-8-6-7-27(28(29)22-41)31-37-30(38-33(35)39-31)21-23-9-15-26(16-10-23)43-20-19-40-17-4-5-18-40/h4-18,41H,19-22H2,1-3H3,(H,36,42)(H2,35,37,38,39). The maximum absolute atomic E-state index is 13.1. The van der Waals surface area contributed by atoms with Crippen LogP contribution in [0.3, 0.4) is 0 Å². The van der Waals surface area contributed by atoms with Gasteiger partial charge in [-0.1, -0.05) is 57.2 Å². The molecule has 2 heterocycles. The number of carbonyl (C=O) groups excluding carboxylic acids is 1. The lowest BCUT2D eigenvalue weighted by atomic mass is 9.86. The summed E-state index contributed by atoms with van der Waals surface area (Å²) in [5.41, 5.74) is 10.2. The summed E-state index contributed by atoms with van der Waals surface area (Å²) in [6, 6.07) is 24.6. The predicted octanol–water partition coefficient (Wildman–Crippen LogP) is 5.63. The Labute approximate surface area is 251 Å². The van der Waals surface area contributed by atoms with Crippen molar-refractivity contribution in [1.29, 1.82) is 0 Å². The van der Waals surface area contributed by atoms with Gasteiger partial charge in [0.15, 0.2) is 5.82 Å². The van der Waals surface area contributed by atoms with Gasteiger partial charge in [-0.15, -0.1) is 0 Å². The number of benzene rings is 3. The number of amides is 1. The van der Waals surface area contributed by atoms with E-state index in [0.717, 1.165) is 23.4 Å². The van der Waals surface area contributed by atoms with Crippen LogP contribution in [0.5, 0.6) is 5.75 Å². The second kappa shape index (κ2) is 12.9. The molecule has 0 saturated carbocycles. The van der Waals surface area contributed by atoms with E-state index in [9.17, 15) is 9.90 Å². The highest BCUT2D eigenvalue weighted by molar-refractivity contribution is 6.05. The van der Waals surface area contributed by atoms with E-state index in [4.69, 9.17) is 10.5 Å². The fourth-order valence-corrected chi connectivity index (χ4v) is 4.71. The highest BCUT2D eigenvalue weighted by Crippen LogP contribution is 2.29. The van der Waals surface area contributed by atoms with E-state index in [1.54, 1.807) is 30.3 Å². The summed E-state index contributed by atoms with van der Waals surface area (Å²) in [4.78, 5) is 26.4. The van der Waals surface area contributed by atoms with Crippen LogP contribution in [0.4, 0.5) is 11.6 Å². The summed E-state index contributed by atoms with van der Waals surface area (Å²) in [5.74, 6) is 1.38. The molecule has 0 unspecified atom stereocenters. The molecule has 220 valence electrons. The summed E-state index contributed by atoms with van der Waals surface area (Å²) in [6.45, 7) is 7.38. The topological polar surface area (TPSA) is 128 Å². The van der Waals surface area contributed by atoms with E-state index < -0.39 is 0 Å². The Hall–Kier alpha value is -5.02. The van der Waals surface area contributed by atoms with Gasteiger partial charge in [0.25, 0.3) is 5.91 Å². The van der Waals surface area contributed by atoms with E-state index >= 15 is 0 Å². The average molecular weight is 577 g/mol. The van der Waals surface area contributed by atoms with Crippen LogP contribution in [0.15, 0.2) is 91.3 Å². The molecule has 0 saturated heterocycles. The molecule has 5 aromatic rings. The van der Waals surface area contributed by atoms with Gasteiger partial charge in [0, 0.05) is 41.2 Å². The van der Waals surface area contributed by atoms with Crippen LogP contribution in [0.2, 0.25) is 0 Å². The maximum atomic E-state index is 13.1. The quantitative estimate of drug-likeness (QED) is 0.196. The highest BCUT2D eigenvalue weighted by Gasteiger charge is 2.18. The number of nitrogens with one attached hydrogen (secondary N) is 1. The van der Waals surface area contributed by atoms with Gasteiger partial charge in [-0.3, -0.25) is 4.79 Å². The molecule has 1 amide bonds. The van der Waals surface area contributed by atoms with Crippen molar-refractivity contribution >= 4 is 17.5 Å². The van der Waals surface area contributed by atoms with Crippen molar-refractivity contribution in [1.82, 2.24) is 19.5 Å². The number of aliphatic hydroxyl groups excluding tert-OH is 1. The first-order valence-corrected chi connectivity index (χ1v) is 14.2. The summed E-state index contributed by atoms with van der Waals surface area (Å²) in [6.07, 6.45) is 4.44. The first-order chi connectivity index (χ1) is 20.7. The minimum absolute atomic E-state index is 0.0142. The van der Waals surface area contributed by atoms with E-state index in [2.05, 4.69) is 45.6 Å². The number of nitrogen functional groups attached to an aromatic ring is 1. The van der Waals surface area contributed by atoms with Crippen molar-refractivity contribution in [3.63, 3.8) is 0 Å². The Bertz CT molecular complexity index is 1680. The number of hydrogen-bond acceptors (Lipinski definition) is 7. The van der Waals surface area contributed by atoms with Crippen LogP contribution in [0, 0.1) is 0 Å². The van der Waals surface area contributed by atoms with E-state index in [0.29, 0.717) is 47.1 Å². The molecule has 0 spiro atoms. The zero-order chi connectivity index (χ0) is 30.4. The van der Waals surface area contributed by atoms with Crippen LogP contribution in [-0.2, 0) is 25.0 Å².